The van der Waals surface area contributed by atoms with Gasteiger partial charge in [-0.15, -0.1) is 0 Å². The largest absolute Gasteiger partial charge is 0.351 e. The summed E-state index contributed by atoms with van der Waals surface area (Å²) < 4.78 is 1.99. The molecule has 0 saturated carbocycles. The van der Waals surface area contributed by atoms with Crippen LogP contribution in [0.1, 0.15) is 27.2 Å². The van der Waals surface area contributed by atoms with Crippen molar-refractivity contribution in [2.75, 3.05) is 0 Å². The van der Waals surface area contributed by atoms with E-state index in [9.17, 15) is 4.79 Å². The van der Waals surface area contributed by atoms with Crippen LogP contribution in [0.2, 0.25) is 0 Å². The van der Waals surface area contributed by atoms with Crippen LogP contribution in [0.5, 0.6) is 0 Å². The number of carbonyl (C=O) groups is 1. The molecule has 2 aromatic heterocycles. The Labute approximate surface area is 191 Å². The maximum absolute atomic E-state index is 13.3. The van der Waals surface area contributed by atoms with Crippen LogP contribution in [0.3, 0.4) is 0 Å². The first-order valence-electron chi connectivity index (χ1n) is 10.6. The van der Waals surface area contributed by atoms with Gasteiger partial charge >= 0.3 is 0 Å². The lowest BCUT2D eigenvalue weighted by Crippen LogP contribution is -2.23. The van der Waals surface area contributed by atoms with E-state index in [1.165, 1.54) is 0 Å². The average Bonchev–Trinajstić information content (AvgIpc) is 3.53. The van der Waals surface area contributed by atoms with Crippen LogP contribution in [0.15, 0.2) is 91.6 Å². The topological polar surface area (TPSA) is 86.5 Å². The molecule has 0 fully saturated rings. The number of imidazole rings is 1. The van der Waals surface area contributed by atoms with Crippen molar-refractivity contribution < 1.29 is 4.79 Å². The van der Waals surface area contributed by atoms with Crippen LogP contribution in [0.25, 0.3) is 21.9 Å². The first-order chi connectivity index (χ1) is 16.2. The van der Waals surface area contributed by atoms with Gasteiger partial charge < -0.3 is 14.9 Å². The molecule has 33 heavy (non-hydrogen) atoms. The zero-order valence-corrected chi connectivity index (χ0v) is 17.8. The van der Waals surface area contributed by atoms with Gasteiger partial charge in [0.2, 0.25) is 0 Å². The Morgan fingerprint density at radius 2 is 1.82 bits per heavy atom. The van der Waals surface area contributed by atoms with Gasteiger partial charge in [0, 0.05) is 30.7 Å². The summed E-state index contributed by atoms with van der Waals surface area (Å²) in [6.45, 7) is 0.939. The van der Waals surface area contributed by atoms with Gasteiger partial charge in [-0.25, -0.2) is 4.98 Å². The van der Waals surface area contributed by atoms with E-state index < -0.39 is 0 Å². The fourth-order valence-corrected chi connectivity index (χ4v) is 3.99. The number of hydrogen-bond donors (Lipinski definition) is 2. The van der Waals surface area contributed by atoms with Crippen molar-refractivity contribution in [2.45, 2.75) is 13.1 Å². The van der Waals surface area contributed by atoms with E-state index in [-0.39, 0.29) is 5.91 Å². The Bertz CT molecular complexity index is 1450. The summed E-state index contributed by atoms with van der Waals surface area (Å²) in [6.07, 6.45) is 7.38. The molecule has 6 nitrogen and oxygen atoms in total. The van der Waals surface area contributed by atoms with Gasteiger partial charge in [0.25, 0.3) is 5.91 Å². The fourth-order valence-electron chi connectivity index (χ4n) is 3.99. The number of hydrogen-bond acceptors (Lipinski definition) is 3. The number of fused-ring (bicyclic) bond motifs is 1. The summed E-state index contributed by atoms with van der Waals surface area (Å²) in [5.74, 6) is -0.150. The predicted octanol–water partition coefficient (Wildman–Crippen LogP) is 4.88. The highest BCUT2D eigenvalue weighted by molar-refractivity contribution is 6.06. The fraction of sp³-hybridized carbons (Fsp3) is 0.0741. The minimum Gasteiger partial charge on any atom is -0.351 e. The van der Waals surface area contributed by atoms with Crippen molar-refractivity contribution >= 4 is 16.7 Å². The summed E-state index contributed by atoms with van der Waals surface area (Å²) >= 11 is 0. The number of rotatable bonds is 6. The van der Waals surface area contributed by atoms with Crippen molar-refractivity contribution in [1.29, 1.82) is 5.26 Å². The Hall–Kier alpha value is -4.63. The van der Waals surface area contributed by atoms with Crippen LogP contribution in [-0.4, -0.2) is 20.4 Å². The number of nitriles is 1. The smallest absolute Gasteiger partial charge is 0.253 e. The molecule has 0 atom stereocenters. The second-order valence-electron chi connectivity index (χ2n) is 7.84. The van der Waals surface area contributed by atoms with Gasteiger partial charge in [-0.1, -0.05) is 54.6 Å². The maximum atomic E-state index is 13.3. The molecule has 0 radical (unpaired) electrons. The number of carbonyl (C=O) groups excluding carboxylic acids is 1. The number of benzene rings is 3. The lowest BCUT2D eigenvalue weighted by molar-refractivity contribution is 0.0951. The molecule has 0 unspecified atom stereocenters. The molecule has 5 aromatic rings. The molecule has 0 bridgehead atoms. The minimum absolute atomic E-state index is 0.150. The molecular formula is C27H21N5O. The third-order valence-corrected chi connectivity index (χ3v) is 5.64. The highest BCUT2D eigenvalue weighted by atomic mass is 16.1. The molecule has 6 heteroatoms. The molecule has 5 rings (SSSR count). The van der Waals surface area contributed by atoms with Gasteiger partial charge in [0.05, 0.1) is 35.8 Å². The predicted molar refractivity (Wildman–Crippen MR) is 127 cm³/mol. The van der Waals surface area contributed by atoms with Crippen LogP contribution in [-0.2, 0) is 13.1 Å². The first-order valence-corrected chi connectivity index (χ1v) is 10.6. The molecule has 2 heterocycles. The Morgan fingerprint density at radius 1 is 1.00 bits per heavy atom. The Kier molecular flexibility index (Phi) is 5.44. The number of aromatic nitrogens is 3. The second kappa shape index (κ2) is 8.85. The molecule has 0 aliphatic rings. The molecule has 0 aliphatic heterocycles. The van der Waals surface area contributed by atoms with E-state index in [2.05, 4.69) is 39.6 Å². The monoisotopic (exact) mass is 431 g/mol. The molecular weight excluding hydrogens is 410 g/mol. The molecule has 3 aromatic carbocycles. The van der Waals surface area contributed by atoms with Crippen molar-refractivity contribution in [1.82, 2.24) is 19.9 Å². The zero-order chi connectivity index (χ0) is 22.6. The summed E-state index contributed by atoms with van der Waals surface area (Å²) in [4.78, 5) is 20.6. The van der Waals surface area contributed by atoms with Gasteiger partial charge in [-0.3, -0.25) is 4.79 Å². The van der Waals surface area contributed by atoms with E-state index >= 15 is 0 Å². The van der Waals surface area contributed by atoms with E-state index in [1.54, 1.807) is 18.5 Å². The average molecular weight is 431 g/mol. The highest BCUT2D eigenvalue weighted by Gasteiger charge is 2.18. The standard InChI is InChI=1S/C27H21N5O/c28-12-19-8-10-20(11-9-19)13-30-27(33)26-17-32(15-22-14-29-18-31-22)16-25(26)24-7-3-5-21-4-1-2-6-23(21)24/h1-11,14,16-18H,13,15H2,(H,29,31)(H,30,33). The maximum Gasteiger partial charge on any atom is 0.253 e. The Balaban J connectivity index is 1.49. The van der Waals surface area contributed by atoms with Crippen LogP contribution in [0.4, 0.5) is 0 Å². The van der Waals surface area contributed by atoms with Crippen molar-refractivity contribution in [2.24, 2.45) is 0 Å². The van der Waals surface area contributed by atoms with Gasteiger partial charge in [-0.2, -0.15) is 5.26 Å². The first kappa shape index (κ1) is 20.3. The van der Waals surface area contributed by atoms with Gasteiger partial charge in [0.1, 0.15) is 0 Å². The summed E-state index contributed by atoms with van der Waals surface area (Å²) in [5.41, 5.74) is 4.91. The minimum atomic E-state index is -0.150. The molecule has 1 amide bonds. The normalized spacial score (nSPS) is 10.8. The second-order valence-corrected chi connectivity index (χ2v) is 7.84. The van der Waals surface area contributed by atoms with Crippen LogP contribution < -0.4 is 5.32 Å². The molecule has 0 spiro atoms. The van der Waals surface area contributed by atoms with Crippen LogP contribution >= 0.6 is 0 Å². The zero-order valence-electron chi connectivity index (χ0n) is 17.8. The number of aromatic amines is 1. The lowest BCUT2D eigenvalue weighted by Gasteiger charge is -2.09. The number of nitrogens with zero attached hydrogens (tertiary/aromatic N) is 3. The molecule has 2 N–H and O–H groups in total. The van der Waals surface area contributed by atoms with Crippen LogP contribution in [0, 0.1) is 11.3 Å². The third-order valence-electron chi connectivity index (χ3n) is 5.64. The van der Waals surface area contributed by atoms with E-state index in [0.29, 0.717) is 24.2 Å². The van der Waals surface area contributed by atoms with Crippen molar-refractivity contribution in [3.63, 3.8) is 0 Å². The van der Waals surface area contributed by atoms with Crippen molar-refractivity contribution in [3.8, 4) is 17.2 Å². The van der Waals surface area contributed by atoms with E-state index in [0.717, 1.165) is 33.2 Å². The van der Waals surface area contributed by atoms with Gasteiger partial charge in [0.15, 0.2) is 0 Å². The molecule has 160 valence electrons. The number of nitrogens with one attached hydrogen (secondary N) is 2. The summed E-state index contributed by atoms with van der Waals surface area (Å²) in [7, 11) is 0. The highest BCUT2D eigenvalue weighted by Crippen LogP contribution is 2.32. The molecule has 0 saturated heterocycles. The third kappa shape index (κ3) is 4.25. The quantitative estimate of drug-likeness (QED) is 0.402. The van der Waals surface area contributed by atoms with Crippen molar-refractivity contribution in [3.05, 3.63) is 114 Å². The van der Waals surface area contributed by atoms with E-state index in [4.69, 9.17) is 5.26 Å². The summed E-state index contributed by atoms with van der Waals surface area (Å²) in [6, 6.07) is 23.6. The number of amides is 1. The van der Waals surface area contributed by atoms with E-state index in [1.807, 2.05) is 59.6 Å². The summed E-state index contributed by atoms with van der Waals surface area (Å²) in [5, 5.41) is 14.2. The Morgan fingerprint density at radius 3 is 2.61 bits per heavy atom. The number of H-pyrrole nitrogens is 1. The van der Waals surface area contributed by atoms with Gasteiger partial charge in [-0.05, 0) is 34.0 Å². The lowest BCUT2D eigenvalue weighted by atomic mass is 9.97. The SMILES string of the molecule is N#Cc1ccc(CNC(=O)c2cn(Cc3c[nH]cn3)cc2-c2cccc3ccccc23)cc1. The molecule has 0 aliphatic carbocycles.